The summed E-state index contributed by atoms with van der Waals surface area (Å²) in [5.74, 6) is 1.88. The van der Waals surface area contributed by atoms with E-state index >= 15 is 0 Å². The van der Waals surface area contributed by atoms with Gasteiger partial charge in [0.05, 0.1) is 6.10 Å². The molecule has 1 aliphatic heterocycles. The van der Waals surface area contributed by atoms with Crippen molar-refractivity contribution >= 4 is 5.69 Å². The molecular formula is C17H26N2O. The number of hydrogen-bond donors (Lipinski definition) is 1. The second-order valence-corrected chi connectivity index (χ2v) is 6.36. The summed E-state index contributed by atoms with van der Waals surface area (Å²) in [5, 5.41) is 3.71. The molecule has 1 aliphatic carbocycles. The number of ether oxygens (including phenoxy) is 1. The van der Waals surface area contributed by atoms with Gasteiger partial charge in [0.15, 0.2) is 0 Å². The summed E-state index contributed by atoms with van der Waals surface area (Å²) in [5.41, 5.74) is 1.33. The smallest absolute Gasteiger partial charge is 0.119 e. The third kappa shape index (κ3) is 3.45. The van der Waals surface area contributed by atoms with Crippen LogP contribution in [-0.4, -0.2) is 31.8 Å². The van der Waals surface area contributed by atoms with Crippen LogP contribution in [0.3, 0.4) is 0 Å². The highest BCUT2D eigenvalue weighted by Gasteiger charge is 2.33. The molecule has 1 atom stereocenters. The normalized spacial score (nSPS) is 23.8. The summed E-state index contributed by atoms with van der Waals surface area (Å²) in [7, 11) is 0. The van der Waals surface area contributed by atoms with Gasteiger partial charge in [-0.25, -0.2) is 0 Å². The number of nitrogens with one attached hydrogen (secondary N) is 1. The maximum Gasteiger partial charge on any atom is 0.119 e. The lowest BCUT2D eigenvalue weighted by Gasteiger charge is -2.26. The van der Waals surface area contributed by atoms with E-state index in [1.807, 2.05) is 0 Å². The van der Waals surface area contributed by atoms with Crippen molar-refractivity contribution < 1.29 is 4.74 Å². The quantitative estimate of drug-likeness (QED) is 0.913. The van der Waals surface area contributed by atoms with Gasteiger partial charge in [0.1, 0.15) is 5.75 Å². The van der Waals surface area contributed by atoms with E-state index in [4.69, 9.17) is 4.74 Å². The summed E-state index contributed by atoms with van der Waals surface area (Å²) in [6, 6.07) is 9.28. The summed E-state index contributed by atoms with van der Waals surface area (Å²) >= 11 is 0. The standard InChI is InChI=1S/C17H26N2O/c1-13(2)20-16-8-6-15(7-9-16)19-11-3-10-18-17(12-19)14-4-5-14/h6-9,13-14,17-18H,3-5,10-12H2,1-2H3. The maximum absolute atomic E-state index is 5.72. The zero-order chi connectivity index (χ0) is 13.9. The molecule has 20 heavy (non-hydrogen) atoms. The van der Waals surface area contributed by atoms with Gasteiger partial charge >= 0.3 is 0 Å². The predicted molar refractivity (Wildman–Crippen MR) is 83.6 cm³/mol. The molecule has 1 saturated carbocycles. The molecule has 0 amide bonds. The first-order valence-electron chi connectivity index (χ1n) is 7.97. The highest BCUT2D eigenvalue weighted by Crippen LogP contribution is 2.34. The zero-order valence-corrected chi connectivity index (χ0v) is 12.6. The fourth-order valence-electron chi connectivity index (χ4n) is 3.01. The molecule has 110 valence electrons. The first kappa shape index (κ1) is 13.7. The van der Waals surface area contributed by atoms with Crippen molar-refractivity contribution in [2.45, 2.75) is 45.3 Å². The van der Waals surface area contributed by atoms with E-state index in [2.05, 4.69) is 48.3 Å². The molecule has 1 N–H and O–H groups in total. The minimum atomic E-state index is 0.238. The Balaban J connectivity index is 1.67. The average Bonchev–Trinajstić information content (AvgIpc) is 3.25. The van der Waals surface area contributed by atoms with Crippen molar-refractivity contribution in [2.24, 2.45) is 5.92 Å². The van der Waals surface area contributed by atoms with Crippen molar-refractivity contribution in [3.8, 4) is 5.75 Å². The van der Waals surface area contributed by atoms with Crippen molar-refractivity contribution in [1.82, 2.24) is 5.32 Å². The second kappa shape index (κ2) is 6.04. The first-order chi connectivity index (χ1) is 9.72. The van der Waals surface area contributed by atoms with Gasteiger partial charge in [-0.1, -0.05) is 0 Å². The van der Waals surface area contributed by atoms with Crippen molar-refractivity contribution in [3.63, 3.8) is 0 Å². The molecule has 1 saturated heterocycles. The average molecular weight is 274 g/mol. The summed E-state index contributed by atoms with van der Waals surface area (Å²) in [6.07, 6.45) is 4.29. The molecule has 0 bridgehead atoms. The second-order valence-electron chi connectivity index (χ2n) is 6.36. The lowest BCUT2D eigenvalue weighted by molar-refractivity contribution is 0.242. The van der Waals surface area contributed by atoms with E-state index in [0.29, 0.717) is 6.04 Å². The van der Waals surface area contributed by atoms with Gasteiger partial charge in [0.2, 0.25) is 0 Å². The monoisotopic (exact) mass is 274 g/mol. The number of anilines is 1. The van der Waals surface area contributed by atoms with Crippen LogP contribution in [0.4, 0.5) is 5.69 Å². The lowest BCUT2D eigenvalue weighted by atomic mass is 10.1. The van der Waals surface area contributed by atoms with Gasteiger partial charge in [-0.15, -0.1) is 0 Å². The molecule has 2 fully saturated rings. The third-order valence-corrected chi connectivity index (χ3v) is 4.19. The Kier molecular flexibility index (Phi) is 4.16. The topological polar surface area (TPSA) is 24.5 Å². The molecule has 3 nitrogen and oxygen atoms in total. The van der Waals surface area contributed by atoms with Crippen molar-refractivity contribution in [3.05, 3.63) is 24.3 Å². The fraction of sp³-hybridized carbons (Fsp3) is 0.647. The third-order valence-electron chi connectivity index (χ3n) is 4.19. The molecule has 2 aliphatic rings. The van der Waals surface area contributed by atoms with Gasteiger partial charge in [-0.3, -0.25) is 0 Å². The van der Waals surface area contributed by atoms with Crippen molar-refractivity contribution in [1.29, 1.82) is 0 Å². The van der Waals surface area contributed by atoms with Crippen LogP contribution in [0.5, 0.6) is 5.75 Å². The van der Waals surface area contributed by atoms with Crippen LogP contribution in [-0.2, 0) is 0 Å². The van der Waals surface area contributed by atoms with E-state index in [1.165, 1.54) is 24.9 Å². The van der Waals surface area contributed by atoms with Gasteiger partial charge in [-0.05, 0) is 69.8 Å². The van der Waals surface area contributed by atoms with E-state index < -0.39 is 0 Å². The van der Waals surface area contributed by atoms with E-state index in [9.17, 15) is 0 Å². The zero-order valence-electron chi connectivity index (χ0n) is 12.6. The van der Waals surface area contributed by atoms with E-state index in [0.717, 1.165) is 31.3 Å². The minimum Gasteiger partial charge on any atom is -0.491 e. The molecule has 3 heteroatoms. The van der Waals surface area contributed by atoms with E-state index in [-0.39, 0.29) is 6.10 Å². The Hall–Kier alpha value is -1.22. The van der Waals surface area contributed by atoms with Crippen LogP contribution >= 0.6 is 0 Å². The molecule has 1 unspecified atom stereocenters. The van der Waals surface area contributed by atoms with Crippen LogP contribution in [0.25, 0.3) is 0 Å². The van der Waals surface area contributed by atoms with Crippen LogP contribution < -0.4 is 15.0 Å². The van der Waals surface area contributed by atoms with Crippen LogP contribution in [0.15, 0.2) is 24.3 Å². The minimum absolute atomic E-state index is 0.238. The van der Waals surface area contributed by atoms with Crippen molar-refractivity contribution in [2.75, 3.05) is 24.5 Å². The number of hydrogen-bond acceptors (Lipinski definition) is 3. The highest BCUT2D eigenvalue weighted by atomic mass is 16.5. The molecule has 0 radical (unpaired) electrons. The Morgan fingerprint density at radius 1 is 1.20 bits per heavy atom. The first-order valence-corrected chi connectivity index (χ1v) is 7.97. The van der Waals surface area contributed by atoms with Gasteiger partial charge in [0, 0.05) is 24.8 Å². The van der Waals surface area contributed by atoms with E-state index in [1.54, 1.807) is 0 Å². The van der Waals surface area contributed by atoms with Crippen LogP contribution in [0, 0.1) is 5.92 Å². The number of benzene rings is 1. The number of rotatable bonds is 4. The summed E-state index contributed by atoms with van der Waals surface area (Å²) in [6.45, 7) is 7.59. The molecular weight excluding hydrogens is 248 g/mol. The molecule has 1 aromatic carbocycles. The van der Waals surface area contributed by atoms with Crippen LogP contribution in [0.2, 0.25) is 0 Å². The summed E-state index contributed by atoms with van der Waals surface area (Å²) < 4.78 is 5.72. The molecule has 0 spiro atoms. The van der Waals surface area contributed by atoms with Gasteiger partial charge < -0.3 is 15.0 Å². The number of nitrogens with zero attached hydrogens (tertiary/aromatic N) is 1. The summed E-state index contributed by atoms with van der Waals surface area (Å²) in [4.78, 5) is 2.53. The molecule has 1 aromatic rings. The highest BCUT2D eigenvalue weighted by molar-refractivity contribution is 5.49. The van der Waals surface area contributed by atoms with Crippen LogP contribution in [0.1, 0.15) is 33.1 Å². The largest absolute Gasteiger partial charge is 0.491 e. The lowest BCUT2D eigenvalue weighted by Crippen LogP contribution is -2.39. The molecule has 1 heterocycles. The fourth-order valence-corrected chi connectivity index (χ4v) is 3.01. The Labute approximate surface area is 122 Å². The predicted octanol–water partition coefficient (Wildman–Crippen LogP) is 3.05. The Morgan fingerprint density at radius 2 is 1.95 bits per heavy atom. The Bertz CT molecular complexity index is 425. The maximum atomic E-state index is 5.72. The SMILES string of the molecule is CC(C)Oc1ccc(N2CCCNC(C3CC3)C2)cc1. The molecule has 0 aromatic heterocycles. The molecule has 3 rings (SSSR count). The van der Waals surface area contributed by atoms with Gasteiger partial charge in [-0.2, -0.15) is 0 Å². The van der Waals surface area contributed by atoms with Gasteiger partial charge in [0.25, 0.3) is 0 Å². The Morgan fingerprint density at radius 3 is 2.60 bits per heavy atom.